The largest absolute Gasteiger partial charge is 0.491 e. The van der Waals surface area contributed by atoms with Crippen LogP contribution >= 0.6 is 0 Å². The topological polar surface area (TPSA) is 41.6 Å². The van der Waals surface area contributed by atoms with Crippen molar-refractivity contribution in [1.29, 1.82) is 0 Å². The van der Waals surface area contributed by atoms with Gasteiger partial charge in [0.25, 0.3) is 0 Å². The van der Waals surface area contributed by atoms with E-state index in [1.54, 1.807) is 0 Å². The number of urea groups is 1. The predicted molar refractivity (Wildman–Crippen MR) is 73.3 cm³/mol. The number of amides is 2. The zero-order valence-electron chi connectivity index (χ0n) is 11.1. The van der Waals surface area contributed by atoms with Crippen molar-refractivity contribution in [2.75, 3.05) is 19.7 Å². The summed E-state index contributed by atoms with van der Waals surface area (Å²) in [6, 6.07) is 7.96. The monoisotopic (exact) mass is 260 g/mol. The van der Waals surface area contributed by atoms with E-state index in [9.17, 15) is 4.79 Å². The van der Waals surface area contributed by atoms with Crippen LogP contribution in [0.3, 0.4) is 0 Å². The lowest BCUT2D eigenvalue weighted by molar-refractivity contribution is 0.192. The Hall–Kier alpha value is -1.71. The molecule has 2 aliphatic heterocycles. The molecule has 1 aromatic rings. The molecule has 1 saturated heterocycles. The molecule has 2 heterocycles. The molecule has 1 aromatic carbocycles. The number of likely N-dealkylation sites (tertiary alicyclic amines) is 1. The molecule has 4 nitrogen and oxygen atoms in total. The van der Waals surface area contributed by atoms with Gasteiger partial charge in [-0.25, -0.2) is 4.79 Å². The highest BCUT2D eigenvalue weighted by Crippen LogP contribution is 2.31. The van der Waals surface area contributed by atoms with Gasteiger partial charge in [-0.3, -0.25) is 0 Å². The second-order valence-electron chi connectivity index (χ2n) is 5.25. The molecule has 0 spiro atoms. The van der Waals surface area contributed by atoms with E-state index in [1.807, 2.05) is 29.2 Å². The molecular weight excluding hydrogens is 240 g/mol. The number of carbonyl (C=O) groups excluding carboxylic acids is 1. The van der Waals surface area contributed by atoms with Gasteiger partial charge in [-0.1, -0.05) is 31.0 Å². The molecule has 0 aromatic heterocycles. The van der Waals surface area contributed by atoms with Crippen LogP contribution < -0.4 is 10.1 Å². The predicted octanol–water partition coefficient (Wildman–Crippen LogP) is 2.71. The van der Waals surface area contributed by atoms with Crippen LogP contribution in [0.5, 0.6) is 5.75 Å². The summed E-state index contributed by atoms with van der Waals surface area (Å²) in [5, 5.41) is 3.09. The third-order valence-corrected chi connectivity index (χ3v) is 3.89. The summed E-state index contributed by atoms with van der Waals surface area (Å²) in [7, 11) is 0. The Kier molecular flexibility index (Phi) is 3.58. The molecule has 102 valence electrons. The van der Waals surface area contributed by atoms with Crippen LogP contribution in [-0.4, -0.2) is 30.6 Å². The molecule has 3 rings (SSSR count). The number of hydrogen-bond donors (Lipinski definition) is 1. The molecule has 1 N–H and O–H groups in total. The van der Waals surface area contributed by atoms with Gasteiger partial charge in [0.1, 0.15) is 12.4 Å². The third kappa shape index (κ3) is 2.67. The Balaban J connectivity index is 1.64. The second kappa shape index (κ2) is 5.51. The van der Waals surface area contributed by atoms with Crippen molar-refractivity contribution in [2.24, 2.45) is 0 Å². The summed E-state index contributed by atoms with van der Waals surface area (Å²) in [5.74, 6) is 0.892. The Morgan fingerprint density at radius 2 is 1.89 bits per heavy atom. The summed E-state index contributed by atoms with van der Waals surface area (Å²) >= 11 is 0. The van der Waals surface area contributed by atoms with E-state index in [0.717, 1.165) is 37.2 Å². The van der Waals surface area contributed by atoms with Gasteiger partial charge in [0, 0.05) is 18.7 Å². The van der Waals surface area contributed by atoms with E-state index in [-0.39, 0.29) is 12.1 Å². The van der Waals surface area contributed by atoms with Crippen LogP contribution in [0.1, 0.15) is 37.3 Å². The Morgan fingerprint density at radius 3 is 2.68 bits per heavy atom. The number of benzene rings is 1. The van der Waals surface area contributed by atoms with E-state index < -0.39 is 0 Å². The third-order valence-electron chi connectivity index (χ3n) is 3.89. The molecule has 19 heavy (non-hydrogen) atoms. The standard InChI is InChI=1S/C15H20N2O2/c18-15(17-9-5-1-2-6-10-17)16-13-11-19-14-8-4-3-7-12(13)14/h3-4,7-8,13H,1-2,5-6,9-11H2,(H,16,18). The number of nitrogens with zero attached hydrogens (tertiary/aromatic N) is 1. The minimum atomic E-state index is -0.00745. The maximum Gasteiger partial charge on any atom is 0.318 e. The lowest BCUT2D eigenvalue weighted by atomic mass is 10.1. The first-order valence-corrected chi connectivity index (χ1v) is 7.12. The van der Waals surface area contributed by atoms with Crippen LogP contribution in [0.25, 0.3) is 0 Å². The average Bonchev–Trinajstić information content (AvgIpc) is 2.66. The highest BCUT2D eigenvalue weighted by molar-refractivity contribution is 5.75. The molecule has 0 bridgehead atoms. The molecular formula is C15H20N2O2. The fraction of sp³-hybridized carbons (Fsp3) is 0.533. The van der Waals surface area contributed by atoms with E-state index in [2.05, 4.69) is 5.32 Å². The zero-order chi connectivity index (χ0) is 13.1. The van der Waals surface area contributed by atoms with E-state index >= 15 is 0 Å². The molecule has 1 unspecified atom stereocenters. The van der Waals surface area contributed by atoms with Gasteiger partial charge in [0.15, 0.2) is 0 Å². The SMILES string of the molecule is O=C(NC1COc2ccccc21)N1CCCCCC1. The highest BCUT2D eigenvalue weighted by Gasteiger charge is 2.27. The number of nitrogens with one attached hydrogen (secondary N) is 1. The molecule has 2 amide bonds. The van der Waals surface area contributed by atoms with Crippen molar-refractivity contribution in [3.8, 4) is 5.75 Å². The van der Waals surface area contributed by atoms with Crippen LogP contribution in [0, 0.1) is 0 Å². The van der Waals surface area contributed by atoms with Crippen LogP contribution in [0.15, 0.2) is 24.3 Å². The maximum atomic E-state index is 12.3. The first kappa shape index (κ1) is 12.3. The van der Waals surface area contributed by atoms with E-state index in [0.29, 0.717) is 6.61 Å². The minimum absolute atomic E-state index is 0.00745. The normalized spacial score (nSPS) is 22.3. The Morgan fingerprint density at radius 1 is 1.16 bits per heavy atom. The molecule has 0 aliphatic carbocycles. The van der Waals surface area contributed by atoms with Crippen molar-refractivity contribution in [3.05, 3.63) is 29.8 Å². The van der Waals surface area contributed by atoms with Crippen molar-refractivity contribution in [2.45, 2.75) is 31.7 Å². The zero-order valence-corrected chi connectivity index (χ0v) is 11.1. The number of hydrogen-bond acceptors (Lipinski definition) is 2. The van der Waals surface area contributed by atoms with E-state index in [1.165, 1.54) is 12.8 Å². The molecule has 2 aliphatic rings. The molecule has 0 radical (unpaired) electrons. The fourth-order valence-corrected chi connectivity index (χ4v) is 2.80. The fourth-order valence-electron chi connectivity index (χ4n) is 2.80. The van der Waals surface area contributed by atoms with Crippen LogP contribution in [0.2, 0.25) is 0 Å². The Labute approximate surface area is 113 Å². The molecule has 1 atom stereocenters. The number of ether oxygens (including phenoxy) is 1. The minimum Gasteiger partial charge on any atom is -0.491 e. The number of fused-ring (bicyclic) bond motifs is 1. The number of carbonyl (C=O) groups is 1. The van der Waals surface area contributed by atoms with Crippen LogP contribution in [0.4, 0.5) is 4.79 Å². The van der Waals surface area contributed by atoms with Gasteiger partial charge in [-0.05, 0) is 18.9 Å². The van der Waals surface area contributed by atoms with Crippen molar-refractivity contribution < 1.29 is 9.53 Å². The molecule has 0 saturated carbocycles. The quantitative estimate of drug-likeness (QED) is 0.843. The molecule has 1 fully saturated rings. The highest BCUT2D eigenvalue weighted by atomic mass is 16.5. The van der Waals surface area contributed by atoms with Crippen molar-refractivity contribution >= 4 is 6.03 Å². The molecule has 4 heteroatoms. The Bertz CT molecular complexity index is 453. The van der Waals surface area contributed by atoms with Gasteiger partial charge in [0.05, 0.1) is 6.04 Å². The first-order valence-electron chi connectivity index (χ1n) is 7.12. The summed E-state index contributed by atoms with van der Waals surface area (Å²) in [4.78, 5) is 14.2. The van der Waals surface area contributed by atoms with Crippen LogP contribution in [-0.2, 0) is 0 Å². The summed E-state index contributed by atoms with van der Waals surface area (Å²) in [6.07, 6.45) is 4.70. The van der Waals surface area contributed by atoms with Gasteiger partial charge >= 0.3 is 6.03 Å². The van der Waals surface area contributed by atoms with Gasteiger partial charge in [0.2, 0.25) is 0 Å². The second-order valence-corrected chi connectivity index (χ2v) is 5.25. The van der Waals surface area contributed by atoms with Gasteiger partial charge in [-0.15, -0.1) is 0 Å². The van der Waals surface area contributed by atoms with Gasteiger partial charge in [-0.2, -0.15) is 0 Å². The number of para-hydroxylation sites is 1. The summed E-state index contributed by atoms with van der Waals surface area (Å²) < 4.78 is 5.59. The lowest BCUT2D eigenvalue weighted by Crippen LogP contribution is -2.42. The summed E-state index contributed by atoms with van der Waals surface area (Å²) in [6.45, 7) is 2.29. The summed E-state index contributed by atoms with van der Waals surface area (Å²) in [5.41, 5.74) is 1.09. The first-order chi connectivity index (χ1) is 9.34. The van der Waals surface area contributed by atoms with Crippen molar-refractivity contribution in [1.82, 2.24) is 10.2 Å². The average molecular weight is 260 g/mol. The number of rotatable bonds is 1. The van der Waals surface area contributed by atoms with Gasteiger partial charge < -0.3 is 15.0 Å². The van der Waals surface area contributed by atoms with Crippen molar-refractivity contribution in [3.63, 3.8) is 0 Å². The smallest absolute Gasteiger partial charge is 0.318 e. The van der Waals surface area contributed by atoms with E-state index in [4.69, 9.17) is 4.74 Å². The lowest BCUT2D eigenvalue weighted by Gasteiger charge is -2.23. The maximum absolute atomic E-state index is 12.3.